The van der Waals surface area contributed by atoms with E-state index in [1.165, 1.54) is 42.4 Å². The molecular formula is C35H22N2OS. The minimum Gasteiger partial charge on any atom is -0.452 e. The van der Waals surface area contributed by atoms with Crippen LogP contribution in [0, 0.1) is 0 Å². The third-order valence-corrected chi connectivity index (χ3v) is 9.41. The number of benzene rings is 5. The largest absolute Gasteiger partial charge is 0.452 e. The first-order chi connectivity index (χ1) is 19.2. The average Bonchev–Trinajstić information content (AvgIpc) is 3.64. The van der Waals surface area contributed by atoms with Crippen molar-refractivity contribution in [3.05, 3.63) is 126 Å². The van der Waals surface area contributed by atoms with Crippen molar-refractivity contribution in [3.63, 3.8) is 0 Å². The molecule has 5 aromatic carbocycles. The summed E-state index contributed by atoms with van der Waals surface area (Å²) in [6.07, 6.45) is 0. The lowest BCUT2D eigenvalue weighted by Crippen LogP contribution is -2.35. The van der Waals surface area contributed by atoms with Crippen LogP contribution < -0.4 is 5.32 Å². The highest BCUT2D eigenvalue weighted by Crippen LogP contribution is 2.55. The number of fused-ring (bicyclic) bond motifs is 8. The van der Waals surface area contributed by atoms with E-state index in [4.69, 9.17) is 9.41 Å². The average molecular weight is 519 g/mol. The molecule has 0 bridgehead atoms. The standard InChI is InChI=1S/C35H22N2OS/c1-35(22-11-3-2-4-12-22)36-31(33-32(37-35)23-13-5-7-16-27(23)38-33)21-18-20-10-9-15-25-29(20)26(19-21)30-24-14-6-8-17-28(24)39-34(25)30/h2-19,37H,1H3. The van der Waals surface area contributed by atoms with E-state index in [9.17, 15) is 0 Å². The molecule has 0 fully saturated rings. The molecule has 1 unspecified atom stereocenters. The van der Waals surface area contributed by atoms with Gasteiger partial charge < -0.3 is 9.73 Å². The summed E-state index contributed by atoms with van der Waals surface area (Å²) in [6, 6.07) is 38.7. The molecule has 7 aromatic rings. The van der Waals surface area contributed by atoms with Crippen molar-refractivity contribution in [2.24, 2.45) is 4.99 Å². The van der Waals surface area contributed by atoms with E-state index >= 15 is 0 Å². The predicted molar refractivity (Wildman–Crippen MR) is 163 cm³/mol. The SMILES string of the molecule is CC1(c2ccccc2)N=C(c2cc3c4c(cccc4c2)-c2sc4ccccc4c2-3)c2oc3ccccc3c2N1. The minimum absolute atomic E-state index is 0.645. The molecule has 184 valence electrons. The van der Waals surface area contributed by atoms with Crippen molar-refractivity contribution in [1.82, 2.24) is 0 Å². The highest BCUT2D eigenvalue weighted by molar-refractivity contribution is 7.23. The van der Waals surface area contributed by atoms with Crippen LogP contribution in [0.15, 0.2) is 119 Å². The smallest absolute Gasteiger partial charge is 0.177 e. The normalized spacial score (nSPS) is 17.3. The van der Waals surface area contributed by atoms with E-state index in [0.29, 0.717) is 0 Å². The van der Waals surface area contributed by atoms with Crippen molar-refractivity contribution in [2.45, 2.75) is 12.6 Å². The zero-order chi connectivity index (χ0) is 25.7. The molecule has 1 aliphatic heterocycles. The Morgan fingerprint density at radius 2 is 1.56 bits per heavy atom. The summed E-state index contributed by atoms with van der Waals surface area (Å²) in [5, 5.41) is 8.69. The van der Waals surface area contributed by atoms with Crippen LogP contribution in [0.4, 0.5) is 5.69 Å². The molecule has 4 heteroatoms. The number of anilines is 1. The summed E-state index contributed by atoms with van der Waals surface area (Å²) >= 11 is 1.89. The lowest BCUT2D eigenvalue weighted by Gasteiger charge is -2.33. The number of para-hydroxylation sites is 1. The third-order valence-electron chi connectivity index (χ3n) is 8.21. The molecule has 9 rings (SSSR count). The van der Waals surface area contributed by atoms with Crippen molar-refractivity contribution >= 4 is 54.6 Å². The van der Waals surface area contributed by atoms with Gasteiger partial charge in [-0.2, -0.15) is 0 Å². The number of nitrogens with one attached hydrogen (secondary N) is 1. The van der Waals surface area contributed by atoms with Crippen LogP contribution in [0.1, 0.15) is 23.8 Å². The van der Waals surface area contributed by atoms with Crippen LogP contribution in [-0.4, -0.2) is 5.71 Å². The van der Waals surface area contributed by atoms with E-state index in [2.05, 4.69) is 103 Å². The van der Waals surface area contributed by atoms with Gasteiger partial charge in [-0.25, -0.2) is 4.99 Å². The summed E-state index contributed by atoms with van der Waals surface area (Å²) in [7, 11) is 0. The molecule has 2 aromatic heterocycles. The topological polar surface area (TPSA) is 37.5 Å². The number of nitrogens with zero attached hydrogens (tertiary/aromatic N) is 1. The fraction of sp³-hybridized carbons (Fsp3) is 0.0571. The van der Waals surface area contributed by atoms with Crippen molar-refractivity contribution in [1.29, 1.82) is 0 Å². The molecule has 3 nitrogen and oxygen atoms in total. The van der Waals surface area contributed by atoms with Gasteiger partial charge in [0.2, 0.25) is 0 Å². The highest BCUT2D eigenvalue weighted by Gasteiger charge is 2.37. The maximum atomic E-state index is 6.52. The molecule has 39 heavy (non-hydrogen) atoms. The minimum atomic E-state index is -0.645. The molecule has 0 saturated heterocycles. The second-order valence-electron chi connectivity index (χ2n) is 10.6. The monoisotopic (exact) mass is 518 g/mol. The molecule has 1 aliphatic carbocycles. The third kappa shape index (κ3) is 2.84. The number of rotatable bonds is 2. The van der Waals surface area contributed by atoms with E-state index in [-0.39, 0.29) is 0 Å². The predicted octanol–water partition coefficient (Wildman–Crippen LogP) is 9.58. The summed E-state index contributed by atoms with van der Waals surface area (Å²) in [4.78, 5) is 6.77. The van der Waals surface area contributed by atoms with Gasteiger partial charge in [0.1, 0.15) is 11.3 Å². The Hall–Kier alpha value is -4.67. The van der Waals surface area contributed by atoms with Gasteiger partial charge in [0.05, 0.1) is 5.69 Å². The Bertz CT molecular complexity index is 2170. The molecule has 0 spiro atoms. The van der Waals surface area contributed by atoms with Gasteiger partial charge in [0.25, 0.3) is 0 Å². The molecule has 0 radical (unpaired) electrons. The van der Waals surface area contributed by atoms with Gasteiger partial charge in [-0.05, 0) is 59.2 Å². The molecule has 2 aliphatic rings. The molecule has 1 atom stereocenters. The van der Waals surface area contributed by atoms with Crippen LogP contribution in [0.2, 0.25) is 0 Å². The van der Waals surface area contributed by atoms with Crippen LogP contribution in [0.3, 0.4) is 0 Å². The maximum absolute atomic E-state index is 6.52. The summed E-state index contributed by atoms with van der Waals surface area (Å²) < 4.78 is 7.84. The van der Waals surface area contributed by atoms with Gasteiger partial charge in [0.15, 0.2) is 11.4 Å². The van der Waals surface area contributed by atoms with Crippen LogP contribution >= 0.6 is 11.3 Å². The maximum Gasteiger partial charge on any atom is 0.177 e. The summed E-state index contributed by atoms with van der Waals surface area (Å²) in [5.41, 5.74) is 8.22. The number of aliphatic imine (C=N–C) groups is 1. The molecule has 0 saturated carbocycles. The van der Waals surface area contributed by atoms with Crippen molar-refractivity contribution in [3.8, 4) is 21.6 Å². The Kier molecular flexibility index (Phi) is 4.07. The van der Waals surface area contributed by atoms with E-state index in [1.807, 2.05) is 29.5 Å². The Morgan fingerprint density at radius 3 is 2.46 bits per heavy atom. The molecular weight excluding hydrogens is 496 g/mol. The van der Waals surface area contributed by atoms with Gasteiger partial charge in [-0.15, -0.1) is 11.3 Å². The van der Waals surface area contributed by atoms with E-state index in [0.717, 1.165) is 39.3 Å². The van der Waals surface area contributed by atoms with Crippen LogP contribution in [0.25, 0.3) is 53.4 Å². The van der Waals surface area contributed by atoms with Crippen LogP contribution in [-0.2, 0) is 5.66 Å². The molecule has 0 amide bonds. The Morgan fingerprint density at radius 1 is 0.769 bits per heavy atom. The fourth-order valence-corrected chi connectivity index (χ4v) is 7.68. The number of thiophene rings is 1. The number of hydrogen-bond donors (Lipinski definition) is 1. The summed E-state index contributed by atoms with van der Waals surface area (Å²) in [6.45, 7) is 2.15. The van der Waals surface area contributed by atoms with Crippen molar-refractivity contribution in [2.75, 3.05) is 5.32 Å². The fourth-order valence-electron chi connectivity index (χ4n) is 6.43. The van der Waals surface area contributed by atoms with Gasteiger partial charge in [-0.3, -0.25) is 0 Å². The van der Waals surface area contributed by atoms with Gasteiger partial charge in [-0.1, -0.05) is 78.9 Å². The number of hydrogen-bond acceptors (Lipinski definition) is 4. The molecule has 1 N–H and O–H groups in total. The Balaban J connectivity index is 1.36. The Labute approximate surface area is 229 Å². The zero-order valence-corrected chi connectivity index (χ0v) is 22.0. The van der Waals surface area contributed by atoms with E-state index in [1.54, 1.807) is 0 Å². The zero-order valence-electron chi connectivity index (χ0n) is 21.2. The first kappa shape index (κ1) is 21.3. The quantitative estimate of drug-likeness (QED) is 0.247. The summed E-state index contributed by atoms with van der Waals surface area (Å²) in [5.74, 6) is 0.792. The highest BCUT2D eigenvalue weighted by atomic mass is 32.1. The van der Waals surface area contributed by atoms with Crippen LogP contribution in [0.5, 0.6) is 0 Å². The second-order valence-corrected chi connectivity index (χ2v) is 11.6. The second kappa shape index (κ2) is 7.46. The number of furan rings is 1. The van der Waals surface area contributed by atoms with E-state index < -0.39 is 5.66 Å². The first-order valence-electron chi connectivity index (χ1n) is 13.2. The lowest BCUT2D eigenvalue weighted by molar-refractivity contribution is 0.548. The molecule has 3 heterocycles. The van der Waals surface area contributed by atoms with Gasteiger partial charge >= 0.3 is 0 Å². The van der Waals surface area contributed by atoms with Crippen molar-refractivity contribution < 1.29 is 4.42 Å². The van der Waals surface area contributed by atoms with Gasteiger partial charge in [0, 0.05) is 37.0 Å². The first-order valence-corrected chi connectivity index (χ1v) is 14.0. The lowest BCUT2D eigenvalue weighted by atomic mass is 9.92.